The number of carbonyl (C=O) groups is 3. The molecule has 2 N–H and O–H groups in total. The van der Waals surface area contributed by atoms with Gasteiger partial charge in [0.2, 0.25) is 0 Å². The van der Waals surface area contributed by atoms with Gasteiger partial charge < -0.3 is 15.1 Å². The monoisotopic (exact) mass is 297 g/mol. The molecule has 6 nitrogen and oxygen atoms in total. The molecule has 0 fully saturated rings. The van der Waals surface area contributed by atoms with E-state index in [9.17, 15) is 18.8 Å². The van der Waals surface area contributed by atoms with Crippen molar-refractivity contribution < 1.29 is 29.0 Å². The van der Waals surface area contributed by atoms with Crippen molar-refractivity contribution in [1.82, 2.24) is 4.90 Å². The van der Waals surface area contributed by atoms with Crippen LogP contribution in [0.15, 0.2) is 24.3 Å². The molecule has 0 atom stereocenters. The van der Waals surface area contributed by atoms with Crippen molar-refractivity contribution in [3.05, 3.63) is 35.6 Å². The lowest BCUT2D eigenvalue weighted by atomic mass is 10.1. The zero-order valence-corrected chi connectivity index (χ0v) is 11.3. The molecule has 0 aliphatic heterocycles. The van der Waals surface area contributed by atoms with E-state index in [4.69, 9.17) is 10.2 Å². The van der Waals surface area contributed by atoms with Crippen LogP contribution in [-0.2, 0) is 9.59 Å². The molecule has 0 unspecified atom stereocenters. The molecular formula is C14H16FNO5. The molecular weight excluding hydrogens is 281 g/mol. The molecule has 7 heteroatoms. The molecule has 114 valence electrons. The summed E-state index contributed by atoms with van der Waals surface area (Å²) in [5.41, 5.74) is 0.233. The van der Waals surface area contributed by atoms with Gasteiger partial charge in [0.15, 0.2) is 0 Å². The van der Waals surface area contributed by atoms with Gasteiger partial charge in [0.1, 0.15) is 5.82 Å². The van der Waals surface area contributed by atoms with Crippen LogP contribution >= 0.6 is 0 Å². The van der Waals surface area contributed by atoms with Gasteiger partial charge in [-0.15, -0.1) is 0 Å². The Hall–Kier alpha value is -2.44. The Morgan fingerprint density at radius 1 is 0.952 bits per heavy atom. The zero-order valence-electron chi connectivity index (χ0n) is 11.3. The molecule has 0 radical (unpaired) electrons. The summed E-state index contributed by atoms with van der Waals surface area (Å²) in [6, 6.07) is 4.89. The summed E-state index contributed by atoms with van der Waals surface area (Å²) in [6.07, 6.45) is -0.123. The number of aliphatic carboxylic acids is 2. The summed E-state index contributed by atoms with van der Waals surface area (Å²) in [5, 5.41) is 17.3. The Labute approximate surface area is 120 Å². The molecule has 0 heterocycles. The topological polar surface area (TPSA) is 94.9 Å². The van der Waals surface area contributed by atoms with E-state index >= 15 is 0 Å². The summed E-state index contributed by atoms with van der Waals surface area (Å²) in [7, 11) is 0. The highest BCUT2D eigenvalue weighted by Gasteiger charge is 2.17. The molecule has 0 saturated heterocycles. The normalized spacial score (nSPS) is 10.1. The molecule has 0 aromatic heterocycles. The van der Waals surface area contributed by atoms with Gasteiger partial charge in [-0.05, 0) is 30.7 Å². The lowest BCUT2D eigenvalue weighted by molar-refractivity contribution is -0.138. The molecule has 1 rings (SSSR count). The largest absolute Gasteiger partial charge is 0.481 e. The minimum absolute atomic E-state index is 0.0227. The highest BCUT2D eigenvalue weighted by atomic mass is 19.1. The van der Waals surface area contributed by atoms with E-state index in [0.29, 0.717) is 0 Å². The standard InChI is InChI=1S/C14H16FNO5/c15-11-5-3-10(4-6-11)14(21)16(9-7-13(19)20)8-1-2-12(17)18/h3-6H,1-2,7-9H2,(H,17,18)(H,19,20). The van der Waals surface area contributed by atoms with E-state index in [1.165, 1.54) is 17.0 Å². The summed E-state index contributed by atoms with van der Waals surface area (Å²) in [6.45, 7) is 0.112. The molecule has 1 aromatic carbocycles. The molecule has 0 saturated carbocycles. The first-order valence-electron chi connectivity index (χ1n) is 6.38. The van der Waals surface area contributed by atoms with Crippen LogP contribution in [0.1, 0.15) is 29.6 Å². The lowest BCUT2D eigenvalue weighted by Gasteiger charge is -2.21. The molecule has 0 spiro atoms. The highest BCUT2D eigenvalue weighted by molar-refractivity contribution is 5.94. The number of halogens is 1. The van der Waals surface area contributed by atoms with Crippen molar-refractivity contribution in [2.75, 3.05) is 13.1 Å². The second-order valence-electron chi connectivity index (χ2n) is 4.44. The number of carbonyl (C=O) groups excluding carboxylic acids is 1. The van der Waals surface area contributed by atoms with Crippen LogP contribution in [0.4, 0.5) is 4.39 Å². The minimum Gasteiger partial charge on any atom is -0.481 e. The average molecular weight is 297 g/mol. The Morgan fingerprint density at radius 3 is 2.05 bits per heavy atom. The molecule has 0 aliphatic rings. The van der Waals surface area contributed by atoms with Crippen LogP contribution in [0.2, 0.25) is 0 Å². The Bertz CT molecular complexity index is 515. The van der Waals surface area contributed by atoms with E-state index in [-0.39, 0.29) is 37.9 Å². The van der Waals surface area contributed by atoms with Crippen molar-refractivity contribution in [3.8, 4) is 0 Å². The molecule has 0 bridgehead atoms. The summed E-state index contributed by atoms with van der Waals surface area (Å²) in [4.78, 5) is 34.6. The molecule has 0 aliphatic carbocycles. The fourth-order valence-electron chi connectivity index (χ4n) is 1.74. The van der Waals surface area contributed by atoms with Gasteiger partial charge in [-0.25, -0.2) is 4.39 Å². The van der Waals surface area contributed by atoms with Gasteiger partial charge in [-0.2, -0.15) is 0 Å². The quantitative estimate of drug-likeness (QED) is 0.760. The minimum atomic E-state index is -1.05. The second-order valence-corrected chi connectivity index (χ2v) is 4.44. The molecule has 1 aromatic rings. The predicted molar refractivity (Wildman–Crippen MR) is 71.4 cm³/mol. The van der Waals surface area contributed by atoms with Crippen LogP contribution in [0.25, 0.3) is 0 Å². The number of benzene rings is 1. The van der Waals surface area contributed by atoms with Gasteiger partial charge in [0.05, 0.1) is 6.42 Å². The first kappa shape index (κ1) is 16.6. The number of carboxylic acids is 2. The maximum Gasteiger partial charge on any atom is 0.305 e. The predicted octanol–water partition coefficient (Wildman–Crippen LogP) is 1.61. The first-order chi connectivity index (χ1) is 9.90. The summed E-state index contributed by atoms with van der Waals surface area (Å²) in [5.74, 6) is -2.95. The fourth-order valence-corrected chi connectivity index (χ4v) is 1.74. The van der Waals surface area contributed by atoms with Crippen LogP contribution in [0.5, 0.6) is 0 Å². The average Bonchev–Trinajstić information content (AvgIpc) is 2.42. The number of carboxylic acid groups (broad SMARTS) is 2. The second kappa shape index (κ2) is 7.98. The third-order valence-electron chi connectivity index (χ3n) is 2.79. The van der Waals surface area contributed by atoms with Gasteiger partial charge in [-0.3, -0.25) is 14.4 Å². The number of hydrogen-bond acceptors (Lipinski definition) is 3. The van der Waals surface area contributed by atoms with Crippen molar-refractivity contribution in [3.63, 3.8) is 0 Å². The van der Waals surface area contributed by atoms with Gasteiger partial charge in [0.25, 0.3) is 5.91 Å². The Kier molecular flexibility index (Phi) is 6.32. The first-order valence-corrected chi connectivity index (χ1v) is 6.38. The molecule has 1 amide bonds. The number of amides is 1. The number of hydrogen-bond donors (Lipinski definition) is 2. The van der Waals surface area contributed by atoms with E-state index in [2.05, 4.69) is 0 Å². The number of nitrogens with zero attached hydrogens (tertiary/aromatic N) is 1. The maximum atomic E-state index is 12.8. The molecule has 21 heavy (non-hydrogen) atoms. The smallest absolute Gasteiger partial charge is 0.305 e. The SMILES string of the molecule is O=C(O)CCCN(CCC(=O)O)C(=O)c1ccc(F)cc1. The van der Waals surface area contributed by atoms with Crippen LogP contribution < -0.4 is 0 Å². The van der Waals surface area contributed by atoms with E-state index in [0.717, 1.165) is 12.1 Å². The van der Waals surface area contributed by atoms with Crippen molar-refractivity contribution in [1.29, 1.82) is 0 Å². The van der Waals surface area contributed by atoms with Gasteiger partial charge in [0, 0.05) is 25.1 Å². The summed E-state index contributed by atoms with van der Waals surface area (Å²) >= 11 is 0. The summed E-state index contributed by atoms with van der Waals surface area (Å²) < 4.78 is 12.8. The maximum absolute atomic E-state index is 12.8. The van der Waals surface area contributed by atoms with Crippen molar-refractivity contribution >= 4 is 17.8 Å². The third kappa shape index (κ3) is 6.03. The van der Waals surface area contributed by atoms with E-state index in [1.807, 2.05) is 0 Å². The van der Waals surface area contributed by atoms with E-state index < -0.39 is 23.7 Å². The van der Waals surface area contributed by atoms with Gasteiger partial charge >= 0.3 is 11.9 Å². The fraction of sp³-hybridized carbons (Fsp3) is 0.357. The third-order valence-corrected chi connectivity index (χ3v) is 2.79. The van der Waals surface area contributed by atoms with Crippen LogP contribution in [0.3, 0.4) is 0 Å². The van der Waals surface area contributed by atoms with Gasteiger partial charge in [-0.1, -0.05) is 0 Å². The zero-order chi connectivity index (χ0) is 15.8. The van der Waals surface area contributed by atoms with Crippen molar-refractivity contribution in [2.24, 2.45) is 0 Å². The Morgan fingerprint density at radius 2 is 1.52 bits per heavy atom. The van der Waals surface area contributed by atoms with Crippen molar-refractivity contribution in [2.45, 2.75) is 19.3 Å². The highest BCUT2D eigenvalue weighted by Crippen LogP contribution is 2.09. The Balaban J connectivity index is 2.73. The van der Waals surface area contributed by atoms with Crippen LogP contribution in [-0.4, -0.2) is 46.0 Å². The number of rotatable bonds is 8. The van der Waals surface area contributed by atoms with Crippen LogP contribution in [0, 0.1) is 5.82 Å². The van der Waals surface area contributed by atoms with E-state index in [1.54, 1.807) is 0 Å². The lowest BCUT2D eigenvalue weighted by Crippen LogP contribution is -2.34.